The van der Waals surface area contributed by atoms with Crippen LogP contribution < -0.4 is 5.19 Å². The van der Waals surface area contributed by atoms with Crippen molar-refractivity contribution in [2.24, 2.45) is 0 Å². The van der Waals surface area contributed by atoms with E-state index in [4.69, 9.17) is 0 Å². The van der Waals surface area contributed by atoms with E-state index in [9.17, 15) is 4.46 Å². The standard InChI is InChI=1S/C8H10OSi/c1-2-10(9)8-6-4-3-5-7-8/h3-7H,2H2,1H3. The SMILES string of the molecule is CC[Si](=O)c1ccccc1. The first-order chi connectivity index (χ1) is 4.84. The molecule has 0 fully saturated rings. The first kappa shape index (κ1) is 7.35. The minimum absolute atomic E-state index is 0.772. The summed E-state index contributed by atoms with van der Waals surface area (Å²) in [6, 6.07) is 10.4. The maximum absolute atomic E-state index is 11.2. The molecule has 0 aliphatic heterocycles. The van der Waals surface area contributed by atoms with E-state index in [1.807, 2.05) is 37.3 Å². The fraction of sp³-hybridized carbons (Fsp3) is 0.250. The van der Waals surface area contributed by atoms with Gasteiger partial charge in [-0.2, -0.15) is 0 Å². The van der Waals surface area contributed by atoms with Crippen molar-refractivity contribution in [3.05, 3.63) is 30.3 Å². The molecule has 0 atom stereocenters. The number of benzene rings is 1. The van der Waals surface area contributed by atoms with Crippen molar-refractivity contribution in [1.82, 2.24) is 0 Å². The van der Waals surface area contributed by atoms with E-state index in [0.29, 0.717) is 0 Å². The Balaban J connectivity index is 2.85. The highest BCUT2D eigenvalue weighted by Gasteiger charge is 2.02. The Hall–Kier alpha value is -0.763. The number of rotatable bonds is 2. The van der Waals surface area contributed by atoms with E-state index < -0.39 is 8.68 Å². The summed E-state index contributed by atoms with van der Waals surface area (Å²) in [5.74, 6) is 0. The molecule has 0 N–H and O–H groups in total. The van der Waals surface area contributed by atoms with Gasteiger partial charge in [0.25, 0.3) is 0 Å². The van der Waals surface area contributed by atoms with Gasteiger partial charge < -0.3 is 4.46 Å². The highest BCUT2D eigenvalue weighted by molar-refractivity contribution is 6.59. The fourth-order valence-electron chi connectivity index (χ4n) is 0.828. The zero-order valence-electron chi connectivity index (χ0n) is 6.00. The zero-order valence-corrected chi connectivity index (χ0v) is 7.00. The van der Waals surface area contributed by atoms with Crippen molar-refractivity contribution >= 4 is 13.9 Å². The molecule has 0 amide bonds. The third kappa shape index (κ3) is 1.61. The highest BCUT2D eigenvalue weighted by Crippen LogP contribution is 1.85. The molecular formula is C8H10OSi. The van der Waals surface area contributed by atoms with E-state index in [1.165, 1.54) is 0 Å². The topological polar surface area (TPSA) is 17.1 Å². The molecule has 0 spiro atoms. The van der Waals surface area contributed by atoms with Crippen molar-refractivity contribution in [2.45, 2.75) is 13.0 Å². The first-order valence-corrected chi connectivity index (χ1v) is 5.04. The van der Waals surface area contributed by atoms with E-state index in [-0.39, 0.29) is 0 Å². The van der Waals surface area contributed by atoms with Gasteiger partial charge in [0.15, 0.2) is 0 Å². The summed E-state index contributed by atoms with van der Waals surface area (Å²) in [6.45, 7) is 1.95. The Labute approximate surface area is 62.4 Å². The highest BCUT2D eigenvalue weighted by atomic mass is 28.3. The van der Waals surface area contributed by atoms with Gasteiger partial charge in [0, 0.05) is 0 Å². The van der Waals surface area contributed by atoms with Crippen LogP contribution in [0.25, 0.3) is 0 Å². The van der Waals surface area contributed by atoms with Gasteiger partial charge in [-0.05, 0) is 11.2 Å². The largest absolute Gasteiger partial charge is 0.382 e. The summed E-state index contributed by atoms with van der Waals surface area (Å²) in [7, 11) is -1.46. The number of hydrogen-bond donors (Lipinski definition) is 0. The Bertz CT molecular complexity index is 218. The Kier molecular flexibility index (Phi) is 2.51. The van der Waals surface area contributed by atoms with Crippen molar-refractivity contribution < 1.29 is 4.46 Å². The summed E-state index contributed by atoms with van der Waals surface area (Å²) in [5.41, 5.74) is 0. The maximum atomic E-state index is 11.2. The molecule has 0 aliphatic carbocycles. The van der Waals surface area contributed by atoms with Crippen LogP contribution in [-0.2, 0) is 4.46 Å². The molecule has 52 valence electrons. The maximum Gasteiger partial charge on any atom is 0.311 e. The van der Waals surface area contributed by atoms with Gasteiger partial charge in [0.1, 0.15) is 0 Å². The van der Waals surface area contributed by atoms with E-state index >= 15 is 0 Å². The van der Waals surface area contributed by atoms with Crippen LogP contribution in [0.3, 0.4) is 0 Å². The molecular weight excluding hydrogens is 140 g/mol. The molecule has 1 aromatic carbocycles. The lowest BCUT2D eigenvalue weighted by atomic mass is 10.4. The monoisotopic (exact) mass is 150 g/mol. The van der Waals surface area contributed by atoms with Gasteiger partial charge in [0.2, 0.25) is 0 Å². The Morgan fingerprint density at radius 2 is 1.90 bits per heavy atom. The average Bonchev–Trinajstić information content (AvgIpc) is 2.05. The lowest BCUT2D eigenvalue weighted by molar-refractivity contribution is 0.568. The Morgan fingerprint density at radius 3 is 2.40 bits per heavy atom. The van der Waals surface area contributed by atoms with Crippen LogP contribution in [0.1, 0.15) is 6.92 Å². The van der Waals surface area contributed by atoms with E-state index in [2.05, 4.69) is 0 Å². The van der Waals surface area contributed by atoms with Gasteiger partial charge >= 0.3 is 8.68 Å². The average molecular weight is 150 g/mol. The van der Waals surface area contributed by atoms with Crippen molar-refractivity contribution in [3.8, 4) is 0 Å². The molecule has 0 radical (unpaired) electrons. The fourth-order valence-corrected chi connectivity index (χ4v) is 1.80. The third-order valence-corrected chi connectivity index (χ3v) is 3.04. The molecule has 1 rings (SSSR count). The molecule has 0 bridgehead atoms. The predicted molar refractivity (Wildman–Crippen MR) is 43.0 cm³/mol. The summed E-state index contributed by atoms with van der Waals surface area (Å²) in [6.07, 6.45) is 0. The van der Waals surface area contributed by atoms with Crippen molar-refractivity contribution in [3.63, 3.8) is 0 Å². The number of hydrogen-bond acceptors (Lipinski definition) is 1. The van der Waals surface area contributed by atoms with Crippen LogP contribution in [0.2, 0.25) is 6.04 Å². The van der Waals surface area contributed by atoms with Crippen LogP contribution in [0.4, 0.5) is 0 Å². The van der Waals surface area contributed by atoms with E-state index in [1.54, 1.807) is 0 Å². The third-order valence-electron chi connectivity index (χ3n) is 1.42. The molecule has 10 heavy (non-hydrogen) atoms. The van der Waals surface area contributed by atoms with Crippen molar-refractivity contribution in [2.75, 3.05) is 0 Å². The normalized spacial score (nSPS) is 9.30. The van der Waals surface area contributed by atoms with Gasteiger partial charge in [-0.1, -0.05) is 37.3 Å². The zero-order chi connectivity index (χ0) is 7.40. The first-order valence-electron chi connectivity index (χ1n) is 3.43. The Morgan fingerprint density at radius 1 is 1.30 bits per heavy atom. The van der Waals surface area contributed by atoms with Crippen LogP contribution in [0, 0.1) is 0 Å². The van der Waals surface area contributed by atoms with Gasteiger partial charge in [-0.25, -0.2) is 0 Å². The molecule has 1 nitrogen and oxygen atoms in total. The van der Waals surface area contributed by atoms with Crippen LogP contribution in [0.5, 0.6) is 0 Å². The second-order valence-corrected chi connectivity index (χ2v) is 4.27. The molecule has 2 heteroatoms. The lowest BCUT2D eigenvalue weighted by Gasteiger charge is -1.91. The summed E-state index contributed by atoms with van der Waals surface area (Å²) < 4.78 is 11.2. The van der Waals surface area contributed by atoms with Crippen LogP contribution in [-0.4, -0.2) is 8.68 Å². The molecule has 0 aromatic heterocycles. The van der Waals surface area contributed by atoms with Gasteiger partial charge in [0.05, 0.1) is 0 Å². The molecule has 0 heterocycles. The second-order valence-electron chi connectivity index (χ2n) is 2.14. The van der Waals surface area contributed by atoms with Gasteiger partial charge in [-0.3, -0.25) is 0 Å². The molecule has 0 aliphatic rings. The quantitative estimate of drug-likeness (QED) is 0.581. The summed E-state index contributed by atoms with van der Waals surface area (Å²) in [4.78, 5) is 0. The minimum atomic E-state index is -1.46. The molecule has 1 aromatic rings. The second kappa shape index (κ2) is 3.42. The summed E-state index contributed by atoms with van der Waals surface area (Å²) in [5, 5.41) is 0.995. The van der Waals surface area contributed by atoms with E-state index in [0.717, 1.165) is 11.2 Å². The smallest absolute Gasteiger partial charge is 0.311 e. The van der Waals surface area contributed by atoms with Crippen LogP contribution in [0.15, 0.2) is 30.3 Å². The van der Waals surface area contributed by atoms with Crippen molar-refractivity contribution in [1.29, 1.82) is 0 Å². The summed E-state index contributed by atoms with van der Waals surface area (Å²) >= 11 is 0. The molecule has 0 unspecified atom stereocenters. The minimum Gasteiger partial charge on any atom is -0.382 e. The lowest BCUT2D eigenvalue weighted by Crippen LogP contribution is -2.18. The molecule has 0 saturated carbocycles. The molecule has 0 saturated heterocycles. The van der Waals surface area contributed by atoms with Crippen LogP contribution >= 0.6 is 0 Å². The predicted octanol–water partition coefficient (Wildman–Crippen LogP) is 1.34. The van der Waals surface area contributed by atoms with Gasteiger partial charge in [-0.15, -0.1) is 0 Å².